The molecule has 1 heterocycles. The number of amides is 1. The molecule has 1 saturated heterocycles. The second-order valence-corrected chi connectivity index (χ2v) is 5.26. The molecule has 1 atom stereocenters. The zero-order valence-electron chi connectivity index (χ0n) is 12.0. The van der Waals surface area contributed by atoms with E-state index < -0.39 is 11.9 Å². The Hall–Kier alpha value is -1.14. The molecule has 1 aliphatic heterocycles. The lowest BCUT2D eigenvalue weighted by Gasteiger charge is -2.32. The summed E-state index contributed by atoms with van der Waals surface area (Å²) in [5, 5.41) is 8.96. The minimum absolute atomic E-state index is 0.0505. The van der Waals surface area contributed by atoms with E-state index in [4.69, 9.17) is 9.84 Å². The number of carbonyl (C=O) groups excluding carboxylic acids is 1. The van der Waals surface area contributed by atoms with Gasteiger partial charge in [0.2, 0.25) is 5.91 Å². The second-order valence-electron chi connectivity index (χ2n) is 5.26. The summed E-state index contributed by atoms with van der Waals surface area (Å²) in [5.41, 5.74) is 0. The number of nitrogens with zero attached hydrogens (tertiary/aromatic N) is 2. The molecule has 0 saturated carbocycles. The maximum Gasteiger partial charge on any atom is 0.307 e. The first-order chi connectivity index (χ1) is 8.91. The molecule has 19 heavy (non-hydrogen) atoms. The van der Waals surface area contributed by atoms with E-state index in [1.165, 1.54) is 0 Å². The average molecular weight is 272 g/mol. The standard InChI is InChI=1S/C13H24N2O4/c1-10(2)15(8-11(3)13(17)18)9-12(16)14-4-6-19-7-5-14/h10-11H,4-9H2,1-3H3,(H,17,18). The number of carboxylic acid groups (broad SMARTS) is 1. The number of aliphatic carboxylic acids is 1. The van der Waals surface area contributed by atoms with Gasteiger partial charge >= 0.3 is 5.97 Å². The number of morpholine rings is 1. The van der Waals surface area contributed by atoms with Crippen molar-refractivity contribution in [1.29, 1.82) is 0 Å². The fourth-order valence-corrected chi connectivity index (χ4v) is 1.97. The first kappa shape index (κ1) is 15.9. The van der Waals surface area contributed by atoms with E-state index in [1.807, 2.05) is 18.7 Å². The molecule has 6 heteroatoms. The lowest BCUT2D eigenvalue weighted by atomic mass is 10.1. The molecule has 0 radical (unpaired) electrons. The Morgan fingerprint density at radius 1 is 1.26 bits per heavy atom. The normalized spacial score (nSPS) is 17.8. The van der Waals surface area contributed by atoms with Gasteiger partial charge in [0.15, 0.2) is 0 Å². The van der Waals surface area contributed by atoms with Crippen molar-refractivity contribution >= 4 is 11.9 Å². The molecule has 0 aromatic rings. The van der Waals surface area contributed by atoms with Crippen molar-refractivity contribution in [3.63, 3.8) is 0 Å². The molecule has 1 unspecified atom stereocenters. The summed E-state index contributed by atoms with van der Waals surface area (Å²) < 4.78 is 5.21. The van der Waals surface area contributed by atoms with Crippen LogP contribution in [0.1, 0.15) is 20.8 Å². The SMILES string of the molecule is CC(CN(CC(=O)N1CCOCC1)C(C)C)C(=O)O. The number of ether oxygens (including phenoxy) is 1. The third-order valence-electron chi connectivity index (χ3n) is 3.36. The van der Waals surface area contributed by atoms with Crippen LogP contribution in [0.15, 0.2) is 0 Å². The van der Waals surface area contributed by atoms with E-state index in [2.05, 4.69) is 0 Å². The molecule has 0 spiro atoms. The van der Waals surface area contributed by atoms with Gasteiger partial charge in [-0.25, -0.2) is 0 Å². The number of hydrogen-bond acceptors (Lipinski definition) is 4. The lowest BCUT2D eigenvalue weighted by molar-refractivity contribution is -0.143. The van der Waals surface area contributed by atoms with Crippen LogP contribution in [-0.2, 0) is 14.3 Å². The summed E-state index contributed by atoms with van der Waals surface area (Å²) in [6, 6.07) is 0.145. The summed E-state index contributed by atoms with van der Waals surface area (Å²) >= 11 is 0. The van der Waals surface area contributed by atoms with Gasteiger partial charge in [-0.3, -0.25) is 14.5 Å². The summed E-state index contributed by atoms with van der Waals surface area (Å²) in [4.78, 5) is 26.7. The average Bonchev–Trinajstić information content (AvgIpc) is 2.38. The van der Waals surface area contributed by atoms with Crippen LogP contribution in [0.5, 0.6) is 0 Å². The molecule has 1 N–H and O–H groups in total. The number of carboxylic acids is 1. The second kappa shape index (κ2) is 7.45. The fourth-order valence-electron chi connectivity index (χ4n) is 1.97. The van der Waals surface area contributed by atoms with Gasteiger partial charge in [-0.15, -0.1) is 0 Å². The van der Waals surface area contributed by atoms with E-state index in [0.29, 0.717) is 32.8 Å². The maximum atomic E-state index is 12.1. The van der Waals surface area contributed by atoms with Gasteiger partial charge in [0.05, 0.1) is 25.7 Å². The van der Waals surface area contributed by atoms with Crippen molar-refractivity contribution in [2.75, 3.05) is 39.4 Å². The monoisotopic (exact) mass is 272 g/mol. The van der Waals surface area contributed by atoms with Gasteiger partial charge in [-0.2, -0.15) is 0 Å². The predicted molar refractivity (Wildman–Crippen MR) is 70.9 cm³/mol. The van der Waals surface area contributed by atoms with Crippen LogP contribution in [0.4, 0.5) is 0 Å². The minimum atomic E-state index is -0.829. The summed E-state index contributed by atoms with van der Waals surface area (Å²) in [6.07, 6.45) is 0. The van der Waals surface area contributed by atoms with Crippen LogP contribution in [0.25, 0.3) is 0 Å². The van der Waals surface area contributed by atoms with E-state index in [1.54, 1.807) is 11.8 Å². The largest absolute Gasteiger partial charge is 0.481 e. The van der Waals surface area contributed by atoms with Crippen molar-refractivity contribution in [3.8, 4) is 0 Å². The fraction of sp³-hybridized carbons (Fsp3) is 0.846. The minimum Gasteiger partial charge on any atom is -0.481 e. The Labute approximate surface area is 114 Å². The van der Waals surface area contributed by atoms with Crippen molar-refractivity contribution < 1.29 is 19.4 Å². The lowest BCUT2D eigenvalue weighted by Crippen LogP contribution is -2.48. The molecule has 0 aromatic carbocycles. The highest BCUT2D eigenvalue weighted by Crippen LogP contribution is 2.07. The van der Waals surface area contributed by atoms with Crippen LogP contribution in [0.2, 0.25) is 0 Å². The molecule has 1 aliphatic rings. The Morgan fingerprint density at radius 3 is 2.32 bits per heavy atom. The van der Waals surface area contributed by atoms with Crippen molar-refractivity contribution in [1.82, 2.24) is 9.80 Å². The zero-order chi connectivity index (χ0) is 14.4. The van der Waals surface area contributed by atoms with Gasteiger partial charge in [-0.1, -0.05) is 6.92 Å². The van der Waals surface area contributed by atoms with Crippen LogP contribution >= 0.6 is 0 Å². The molecule has 110 valence electrons. The molecular formula is C13H24N2O4. The molecule has 0 aromatic heterocycles. The highest BCUT2D eigenvalue weighted by molar-refractivity contribution is 5.78. The van der Waals surface area contributed by atoms with Crippen LogP contribution in [-0.4, -0.2) is 72.2 Å². The van der Waals surface area contributed by atoms with Crippen molar-refractivity contribution in [2.45, 2.75) is 26.8 Å². The number of carbonyl (C=O) groups is 2. The molecule has 1 amide bonds. The van der Waals surface area contributed by atoms with Gasteiger partial charge in [0.25, 0.3) is 0 Å². The smallest absolute Gasteiger partial charge is 0.307 e. The molecule has 6 nitrogen and oxygen atoms in total. The highest BCUT2D eigenvalue weighted by atomic mass is 16.5. The predicted octanol–water partition coefficient (Wildman–Crippen LogP) is 0.276. The quantitative estimate of drug-likeness (QED) is 0.752. The Morgan fingerprint density at radius 2 is 1.84 bits per heavy atom. The number of hydrogen-bond donors (Lipinski definition) is 1. The van der Waals surface area contributed by atoms with E-state index in [0.717, 1.165) is 0 Å². The molecule has 0 bridgehead atoms. The van der Waals surface area contributed by atoms with Crippen molar-refractivity contribution in [2.24, 2.45) is 5.92 Å². The zero-order valence-corrected chi connectivity index (χ0v) is 12.0. The summed E-state index contributed by atoms with van der Waals surface area (Å²) in [5.74, 6) is -1.25. The Kier molecular flexibility index (Phi) is 6.24. The van der Waals surface area contributed by atoms with Gasteiger partial charge in [0, 0.05) is 25.7 Å². The molecular weight excluding hydrogens is 248 g/mol. The topological polar surface area (TPSA) is 70.1 Å². The molecule has 0 aliphatic carbocycles. The number of rotatable bonds is 6. The molecule has 1 fully saturated rings. The first-order valence-electron chi connectivity index (χ1n) is 6.74. The van der Waals surface area contributed by atoms with Crippen molar-refractivity contribution in [3.05, 3.63) is 0 Å². The van der Waals surface area contributed by atoms with Crippen LogP contribution in [0, 0.1) is 5.92 Å². The summed E-state index contributed by atoms with van der Waals surface area (Å²) in [6.45, 7) is 8.69. The Balaban J connectivity index is 2.52. The van der Waals surface area contributed by atoms with Gasteiger partial charge in [0.1, 0.15) is 0 Å². The third kappa shape index (κ3) is 5.16. The van der Waals surface area contributed by atoms with E-state index in [-0.39, 0.29) is 18.5 Å². The van der Waals surface area contributed by atoms with E-state index in [9.17, 15) is 9.59 Å². The maximum absolute atomic E-state index is 12.1. The van der Waals surface area contributed by atoms with Gasteiger partial charge < -0.3 is 14.7 Å². The van der Waals surface area contributed by atoms with E-state index >= 15 is 0 Å². The van der Waals surface area contributed by atoms with Crippen LogP contribution in [0.3, 0.4) is 0 Å². The first-order valence-corrected chi connectivity index (χ1v) is 6.74. The Bertz CT molecular complexity index is 314. The summed E-state index contributed by atoms with van der Waals surface area (Å²) in [7, 11) is 0. The molecule has 1 rings (SSSR count). The highest BCUT2D eigenvalue weighted by Gasteiger charge is 2.24. The van der Waals surface area contributed by atoms with Crippen LogP contribution < -0.4 is 0 Å². The third-order valence-corrected chi connectivity index (χ3v) is 3.36. The van der Waals surface area contributed by atoms with Gasteiger partial charge in [-0.05, 0) is 13.8 Å².